The molecular weight excluding hydrogens is 340 g/mol. The molecule has 0 unspecified atom stereocenters. The summed E-state index contributed by atoms with van der Waals surface area (Å²) in [6, 6.07) is 5.76. The van der Waals surface area contributed by atoms with Gasteiger partial charge in [0.25, 0.3) is 5.91 Å². The Bertz CT molecular complexity index is 902. The first-order valence-electron chi connectivity index (χ1n) is 7.79. The van der Waals surface area contributed by atoms with E-state index in [1.165, 1.54) is 7.11 Å². The molecule has 1 N–H and O–H groups in total. The summed E-state index contributed by atoms with van der Waals surface area (Å²) in [6.07, 6.45) is 1.79. The van der Waals surface area contributed by atoms with Gasteiger partial charge in [0.05, 0.1) is 37.2 Å². The summed E-state index contributed by atoms with van der Waals surface area (Å²) in [6.45, 7) is 2.67. The van der Waals surface area contributed by atoms with E-state index in [1.807, 2.05) is 24.4 Å². The van der Waals surface area contributed by atoms with Gasteiger partial charge in [-0.2, -0.15) is 5.10 Å². The summed E-state index contributed by atoms with van der Waals surface area (Å²) in [5.74, 6) is -0.616. The number of amides is 1. The molecule has 0 spiro atoms. The van der Waals surface area contributed by atoms with Gasteiger partial charge in [0.1, 0.15) is 0 Å². The van der Waals surface area contributed by atoms with Crippen molar-refractivity contribution in [1.82, 2.24) is 20.1 Å². The van der Waals surface area contributed by atoms with E-state index in [0.29, 0.717) is 23.1 Å². The number of aromatic nitrogens is 3. The Balaban J connectivity index is 1.84. The third-order valence-electron chi connectivity index (χ3n) is 3.71. The molecule has 3 rings (SSSR count). The number of methoxy groups -OCH3 is 1. The predicted octanol–water partition coefficient (Wildman–Crippen LogP) is 2.14. The smallest absolute Gasteiger partial charge is 0.307 e. The molecule has 0 radical (unpaired) electrons. The lowest BCUT2D eigenvalue weighted by Gasteiger charge is -2.07. The fourth-order valence-corrected chi connectivity index (χ4v) is 3.19. The molecule has 0 fully saturated rings. The van der Waals surface area contributed by atoms with Crippen molar-refractivity contribution < 1.29 is 14.3 Å². The van der Waals surface area contributed by atoms with Crippen LogP contribution in [-0.2, 0) is 16.1 Å². The summed E-state index contributed by atoms with van der Waals surface area (Å²) >= 11 is 1.65. The van der Waals surface area contributed by atoms with Crippen molar-refractivity contribution in [3.8, 4) is 0 Å². The molecular formula is C17H18N4O3S. The van der Waals surface area contributed by atoms with Gasteiger partial charge in [-0.1, -0.05) is 6.07 Å². The van der Waals surface area contributed by atoms with E-state index < -0.39 is 0 Å². The van der Waals surface area contributed by atoms with Crippen LogP contribution in [0, 0.1) is 6.92 Å². The van der Waals surface area contributed by atoms with Crippen molar-refractivity contribution >= 4 is 34.2 Å². The van der Waals surface area contributed by atoms with Gasteiger partial charge >= 0.3 is 5.97 Å². The first-order valence-corrected chi connectivity index (χ1v) is 8.67. The molecule has 0 aliphatic carbocycles. The number of thiophene rings is 1. The van der Waals surface area contributed by atoms with Gasteiger partial charge < -0.3 is 10.1 Å². The highest BCUT2D eigenvalue weighted by molar-refractivity contribution is 7.09. The van der Waals surface area contributed by atoms with Crippen molar-refractivity contribution in [1.29, 1.82) is 0 Å². The van der Waals surface area contributed by atoms with Crippen LogP contribution in [0.3, 0.4) is 0 Å². The highest BCUT2D eigenvalue weighted by Gasteiger charge is 2.16. The molecule has 0 atom stereocenters. The number of carbonyl (C=O) groups is 2. The molecule has 7 nitrogen and oxygen atoms in total. The number of pyridine rings is 1. The minimum atomic E-state index is -0.361. The molecule has 1 amide bonds. The molecule has 0 aromatic carbocycles. The van der Waals surface area contributed by atoms with Crippen LogP contribution in [0.15, 0.2) is 29.8 Å². The van der Waals surface area contributed by atoms with Gasteiger partial charge in [0.2, 0.25) is 0 Å². The van der Waals surface area contributed by atoms with Crippen LogP contribution in [0.1, 0.15) is 27.3 Å². The van der Waals surface area contributed by atoms with Gasteiger partial charge in [-0.05, 0) is 24.4 Å². The van der Waals surface area contributed by atoms with Gasteiger partial charge in [-0.3, -0.25) is 9.59 Å². The molecule has 25 heavy (non-hydrogen) atoms. The van der Waals surface area contributed by atoms with E-state index in [1.54, 1.807) is 28.3 Å². The summed E-state index contributed by atoms with van der Waals surface area (Å²) in [5, 5.41) is 9.82. The summed E-state index contributed by atoms with van der Waals surface area (Å²) in [7, 11) is 1.32. The minimum Gasteiger partial charge on any atom is -0.469 e. The van der Waals surface area contributed by atoms with Crippen LogP contribution in [0.5, 0.6) is 0 Å². The molecule has 0 aliphatic rings. The Hall–Kier alpha value is -2.74. The van der Waals surface area contributed by atoms with Crippen molar-refractivity contribution in [2.24, 2.45) is 0 Å². The number of carbonyl (C=O) groups excluding carboxylic acids is 2. The highest BCUT2D eigenvalue weighted by Crippen LogP contribution is 2.20. The van der Waals surface area contributed by atoms with Crippen molar-refractivity contribution in [3.63, 3.8) is 0 Å². The number of ether oxygens (including phenoxy) is 1. The second-order valence-electron chi connectivity index (χ2n) is 5.51. The number of hydrogen-bond donors (Lipinski definition) is 1. The average molecular weight is 358 g/mol. The summed E-state index contributed by atoms with van der Waals surface area (Å²) < 4.78 is 6.36. The molecule has 3 heterocycles. The number of nitrogens with one attached hydrogen (secondary N) is 1. The number of hydrogen-bond acceptors (Lipinski definition) is 6. The maximum atomic E-state index is 12.5. The summed E-state index contributed by atoms with van der Waals surface area (Å²) in [4.78, 5) is 29.3. The molecule has 130 valence electrons. The quantitative estimate of drug-likeness (QED) is 0.682. The predicted molar refractivity (Wildman–Crippen MR) is 94.7 cm³/mol. The molecule has 8 heteroatoms. The third-order valence-corrected chi connectivity index (χ3v) is 4.57. The zero-order valence-electron chi connectivity index (χ0n) is 14.0. The van der Waals surface area contributed by atoms with Gasteiger partial charge in [-0.25, -0.2) is 9.67 Å². The van der Waals surface area contributed by atoms with E-state index in [2.05, 4.69) is 20.1 Å². The van der Waals surface area contributed by atoms with Gasteiger partial charge in [0, 0.05) is 17.1 Å². The fourth-order valence-electron chi connectivity index (χ4n) is 2.50. The Labute approximate surface area is 148 Å². The minimum absolute atomic E-state index is 0.132. The fraction of sp³-hybridized carbons (Fsp3) is 0.294. The van der Waals surface area contributed by atoms with Crippen molar-refractivity contribution in [3.05, 3.63) is 45.9 Å². The lowest BCUT2D eigenvalue weighted by molar-refractivity contribution is -0.140. The lowest BCUT2D eigenvalue weighted by Crippen LogP contribution is -2.26. The van der Waals surface area contributed by atoms with Gasteiger partial charge in [-0.15, -0.1) is 11.3 Å². The van der Waals surface area contributed by atoms with Crippen LogP contribution in [0.25, 0.3) is 11.0 Å². The Morgan fingerprint density at radius 3 is 2.96 bits per heavy atom. The standard InChI is InChI=1S/C17H18N4O3S/c1-11-8-13(17(23)18-6-5-15(22)24-2)14-9-19-21(16(14)20-11)10-12-4-3-7-25-12/h3-4,7-9H,5-6,10H2,1-2H3,(H,18,23). The number of fused-ring (bicyclic) bond motifs is 1. The van der Waals surface area contributed by atoms with E-state index in [4.69, 9.17) is 0 Å². The topological polar surface area (TPSA) is 86.1 Å². The lowest BCUT2D eigenvalue weighted by atomic mass is 10.1. The Morgan fingerprint density at radius 1 is 1.40 bits per heavy atom. The van der Waals surface area contributed by atoms with Crippen LogP contribution >= 0.6 is 11.3 Å². The number of nitrogens with zero attached hydrogens (tertiary/aromatic N) is 3. The van der Waals surface area contributed by atoms with Crippen LogP contribution < -0.4 is 5.32 Å². The second-order valence-corrected chi connectivity index (χ2v) is 6.54. The second kappa shape index (κ2) is 7.43. The normalized spacial score (nSPS) is 10.8. The first kappa shape index (κ1) is 17.1. The molecule has 0 saturated heterocycles. The molecule has 3 aromatic rings. The maximum Gasteiger partial charge on any atom is 0.307 e. The van der Waals surface area contributed by atoms with Crippen molar-refractivity contribution in [2.45, 2.75) is 19.9 Å². The zero-order chi connectivity index (χ0) is 17.8. The molecule has 0 bridgehead atoms. The SMILES string of the molecule is COC(=O)CCNC(=O)c1cc(C)nc2c1cnn2Cc1cccs1. The zero-order valence-corrected chi connectivity index (χ0v) is 14.8. The monoisotopic (exact) mass is 358 g/mol. The third kappa shape index (κ3) is 3.85. The maximum absolute atomic E-state index is 12.5. The van der Waals surface area contributed by atoms with E-state index in [0.717, 1.165) is 10.6 Å². The molecule has 3 aromatic heterocycles. The van der Waals surface area contributed by atoms with Gasteiger partial charge in [0.15, 0.2) is 5.65 Å². The molecule has 0 saturated carbocycles. The van der Waals surface area contributed by atoms with Crippen LogP contribution in [-0.4, -0.2) is 40.3 Å². The number of aryl methyl sites for hydroxylation is 1. The largest absolute Gasteiger partial charge is 0.469 e. The Morgan fingerprint density at radius 2 is 2.24 bits per heavy atom. The van der Waals surface area contributed by atoms with E-state index in [-0.39, 0.29) is 24.8 Å². The first-order chi connectivity index (χ1) is 12.1. The highest BCUT2D eigenvalue weighted by atomic mass is 32.1. The van der Waals surface area contributed by atoms with Crippen molar-refractivity contribution in [2.75, 3.05) is 13.7 Å². The summed E-state index contributed by atoms with van der Waals surface area (Å²) in [5.41, 5.74) is 1.91. The van der Waals surface area contributed by atoms with E-state index >= 15 is 0 Å². The van der Waals surface area contributed by atoms with Crippen LogP contribution in [0.2, 0.25) is 0 Å². The number of rotatable bonds is 6. The molecule has 0 aliphatic heterocycles. The van der Waals surface area contributed by atoms with E-state index in [9.17, 15) is 9.59 Å². The number of esters is 1. The van der Waals surface area contributed by atoms with Crippen LogP contribution in [0.4, 0.5) is 0 Å². The average Bonchev–Trinajstić information content (AvgIpc) is 3.24. The Kier molecular flexibility index (Phi) is 5.08.